The van der Waals surface area contributed by atoms with Crippen molar-refractivity contribution in [3.8, 4) is 0 Å². The summed E-state index contributed by atoms with van der Waals surface area (Å²) in [4.78, 5) is 31.2. The number of aromatic nitrogens is 1. The Hall–Kier alpha value is -2.34. The first-order valence-electron chi connectivity index (χ1n) is 7.79. The number of para-hydroxylation sites is 1. The molecule has 3 rings (SSSR count). The first kappa shape index (κ1) is 16.5. The zero-order valence-electron chi connectivity index (χ0n) is 13.3. The molecule has 24 heavy (non-hydrogen) atoms. The van der Waals surface area contributed by atoms with Crippen molar-refractivity contribution in [1.29, 1.82) is 0 Å². The van der Waals surface area contributed by atoms with E-state index in [9.17, 15) is 9.59 Å². The third-order valence-electron chi connectivity index (χ3n) is 3.75. The Morgan fingerprint density at radius 1 is 1.25 bits per heavy atom. The van der Waals surface area contributed by atoms with E-state index in [1.54, 1.807) is 34.9 Å². The number of fused-ring (bicyclic) bond motifs is 1. The molecule has 0 saturated carbocycles. The van der Waals surface area contributed by atoms with E-state index in [0.29, 0.717) is 11.8 Å². The number of rotatable bonds is 3. The number of amides is 1. The Balaban J connectivity index is 1.70. The van der Waals surface area contributed by atoms with Gasteiger partial charge in [0.1, 0.15) is 5.69 Å². The molecule has 0 N–H and O–H groups in total. The molecule has 1 amide bonds. The molecule has 2 aromatic rings. The molecule has 1 aromatic carbocycles. The maximum atomic E-state index is 12.6. The molecule has 0 bridgehead atoms. The lowest BCUT2D eigenvalue weighted by atomic mass is 10.2. The topological polar surface area (TPSA) is 59.5 Å². The van der Waals surface area contributed by atoms with Crippen LogP contribution in [0.25, 0.3) is 0 Å². The number of carbonyl (C=O) groups excluding carboxylic acids is 2. The number of anilines is 1. The fourth-order valence-electron chi connectivity index (χ4n) is 2.51. The van der Waals surface area contributed by atoms with Crippen molar-refractivity contribution in [2.45, 2.75) is 23.5 Å². The molecule has 6 heteroatoms. The lowest BCUT2D eigenvalue weighted by molar-refractivity contribution is -0.121. The summed E-state index contributed by atoms with van der Waals surface area (Å²) in [5.41, 5.74) is 1.08. The summed E-state index contributed by atoms with van der Waals surface area (Å²) in [5, 5.41) is 0.431. The molecular formula is C18H18N2O3S. The summed E-state index contributed by atoms with van der Waals surface area (Å²) in [6.07, 6.45) is 2.40. The van der Waals surface area contributed by atoms with Gasteiger partial charge in [-0.05, 0) is 30.7 Å². The largest absolute Gasteiger partial charge is 0.451 e. The number of thioether (sulfide) groups is 1. The van der Waals surface area contributed by atoms with Crippen LogP contribution in [-0.4, -0.2) is 35.3 Å². The van der Waals surface area contributed by atoms with Crippen LogP contribution >= 0.6 is 11.8 Å². The van der Waals surface area contributed by atoms with Crippen molar-refractivity contribution in [1.82, 2.24) is 4.98 Å². The summed E-state index contributed by atoms with van der Waals surface area (Å²) in [6, 6.07) is 12.8. The highest BCUT2D eigenvalue weighted by Gasteiger charge is 2.25. The van der Waals surface area contributed by atoms with Crippen molar-refractivity contribution in [3.63, 3.8) is 0 Å². The Kier molecular flexibility index (Phi) is 5.15. The van der Waals surface area contributed by atoms with E-state index in [0.717, 1.165) is 17.0 Å². The molecule has 0 saturated heterocycles. The van der Waals surface area contributed by atoms with Gasteiger partial charge in [-0.2, -0.15) is 0 Å². The molecule has 1 aromatic heterocycles. The van der Waals surface area contributed by atoms with E-state index < -0.39 is 5.97 Å². The van der Waals surface area contributed by atoms with E-state index >= 15 is 0 Å². The maximum Gasteiger partial charge on any atom is 0.357 e. The van der Waals surface area contributed by atoms with Crippen molar-refractivity contribution in [2.24, 2.45) is 0 Å². The lowest BCUT2D eigenvalue weighted by Gasteiger charge is -2.22. The summed E-state index contributed by atoms with van der Waals surface area (Å²) >= 11 is 1.76. The van der Waals surface area contributed by atoms with Gasteiger partial charge < -0.3 is 9.64 Å². The van der Waals surface area contributed by atoms with E-state index in [1.807, 2.05) is 24.3 Å². The fraction of sp³-hybridized carbons (Fsp3) is 0.278. The molecule has 0 radical (unpaired) electrons. The lowest BCUT2D eigenvalue weighted by Crippen LogP contribution is -2.35. The van der Waals surface area contributed by atoms with Crippen molar-refractivity contribution in [2.75, 3.05) is 18.1 Å². The minimum absolute atomic E-state index is 0.200. The Bertz CT molecular complexity index is 736. The second-order valence-corrected chi connectivity index (χ2v) is 7.00. The maximum absolute atomic E-state index is 12.6. The van der Waals surface area contributed by atoms with Gasteiger partial charge in [0.25, 0.3) is 5.91 Å². The number of esters is 1. The van der Waals surface area contributed by atoms with E-state index in [-0.39, 0.29) is 18.2 Å². The van der Waals surface area contributed by atoms with E-state index in [1.165, 1.54) is 6.20 Å². The van der Waals surface area contributed by atoms with Gasteiger partial charge in [-0.15, -0.1) is 11.8 Å². The van der Waals surface area contributed by atoms with Crippen LogP contribution < -0.4 is 4.90 Å². The van der Waals surface area contributed by atoms with Crippen LogP contribution in [0.5, 0.6) is 0 Å². The summed E-state index contributed by atoms with van der Waals surface area (Å²) in [7, 11) is 0. The highest BCUT2D eigenvalue weighted by Crippen LogP contribution is 2.37. The third kappa shape index (κ3) is 3.76. The van der Waals surface area contributed by atoms with Gasteiger partial charge in [-0.1, -0.05) is 25.1 Å². The quantitative estimate of drug-likeness (QED) is 0.802. The second kappa shape index (κ2) is 7.49. The number of hydrogen-bond acceptors (Lipinski definition) is 5. The predicted octanol–water partition coefficient (Wildman–Crippen LogP) is 3.16. The molecule has 0 spiro atoms. The highest BCUT2D eigenvalue weighted by atomic mass is 32.2. The minimum atomic E-state index is -0.588. The van der Waals surface area contributed by atoms with Crippen molar-refractivity contribution >= 4 is 29.3 Å². The van der Waals surface area contributed by atoms with Gasteiger partial charge in [0.15, 0.2) is 6.61 Å². The SMILES string of the molecule is C[C@H]1CCN(C(=O)COC(=O)c2ccccn2)c2ccccc2S1. The molecule has 2 heterocycles. The molecule has 0 fully saturated rings. The average molecular weight is 342 g/mol. The monoisotopic (exact) mass is 342 g/mol. The van der Waals surface area contributed by atoms with Crippen LogP contribution in [0.15, 0.2) is 53.6 Å². The first-order chi connectivity index (χ1) is 11.6. The average Bonchev–Trinajstić information content (AvgIpc) is 2.78. The van der Waals surface area contributed by atoms with E-state index in [2.05, 4.69) is 11.9 Å². The van der Waals surface area contributed by atoms with Crippen LogP contribution in [0, 0.1) is 0 Å². The van der Waals surface area contributed by atoms with Crippen LogP contribution in [0.3, 0.4) is 0 Å². The van der Waals surface area contributed by atoms with Gasteiger partial charge in [0, 0.05) is 22.9 Å². The zero-order chi connectivity index (χ0) is 16.9. The number of ether oxygens (including phenoxy) is 1. The molecule has 0 aliphatic carbocycles. The molecule has 0 unspecified atom stereocenters. The highest BCUT2D eigenvalue weighted by molar-refractivity contribution is 8.00. The first-order valence-corrected chi connectivity index (χ1v) is 8.67. The van der Waals surface area contributed by atoms with Crippen molar-refractivity contribution < 1.29 is 14.3 Å². The number of hydrogen-bond donors (Lipinski definition) is 0. The van der Waals surface area contributed by atoms with Crippen molar-refractivity contribution in [3.05, 3.63) is 54.4 Å². The van der Waals surface area contributed by atoms with Gasteiger partial charge in [-0.25, -0.2) is 9.78 Å². The predicted molar refractivity (Wildman–Crippen MR) is 93.3 cm³/mol. The van der Waals surface area contributed by atoms with Crippen LogP contribution in [-0.2, 0) is 9.53 Å². The number of carbonyl (C=O) groups is 2. The smallest absolute Gasteiger partial charge is 0.357 e. The molecule has 5 nitrogen and oxygen atoms in total. The molecule has 1 aliphatic heterocycles. The van der Waals surface area contributed by atoms with E-state index in [4.69, 9.17) is 4.74 Å². The van der Waals surface area contributed by atoms with Gasteiger partial charge in [0.2, 0.25) is 0 Å². The summed E-state index contributed by atoms with van der Waals surface area (Å²) < 4.78 is 5.13. The number of pyridine rings is 1. The van der Waals surface area contributed by atoms with Gasteiger partial charge in [0.05, 0.1) is 5.69 Å². The Labute approximate surface area is 145 Å². The normalized spacial score (nSPS) is 16.9. The van der Waals surface area contributed by atoms with Gasteiger partial charge >= 0.3 is 5.97 Å². The molecule has 1 atom stereocenters. The number of nitrogens with zero attached hydrogens (tertiary/aromatic N) is 2. The Morgan fingerprint density at radius 3 is 2.83 bits per heavy atom. The Morgan fingerprint density at radius 2 is 2.04 bits per heavy atom. The molecular weight excluding hydrogens is 324 g/mol. The van der Waals surface area contributed by atoms with Gasteiger partial charge in [-0.3, -0.25) is 4.79 Å². The van der Waals surface area contributed by atoms with Crippen LogP contribution in [0.2, 0.25) is 0 Å². The minimum Gasteiger partial charge on any atom is -0.451 e. The third-order valence-corrected chi connectivity index (χ3v) is 4.98. The second-order valence-electron chi connectivity index (χ2n) is 5.52. The standard InChI is InChI=1S/C18H18N2O3S/c1-13-9-11-20(15-7-2-3-8-16(15)24-13)17(21)12-23-18(22)14-6-4-5-10-19-14/h2-8,10,13H,9,11-12H2,1H3/t13-/m0/s1. The summed E-state index contributed by atoms with van der Waals surface area (Å²) in [5.74, 6) is -0.809. The fourth-order valence-corrected chi connectivity index (χ4v) is 3.62. The summed E-state index contributed by atoms with van der Waals surface area (Å²) in [6.45, 7) is 2.48. The number of benzene rings is 1. The van der Waals surface area contributed by atoms with Crippen LogP contribution in [0.1, 0.15) is 23.8 Å². The van der Waals surface area contributed by atoms with Crippen LogP contribution in [0.4, 0.5) is 5.69 Å². The molecule has 1 aliphatic rings. The zero-order valence-corrected chi connectivity index (χ0v) is 14.2. The molecule has 124 valence electrons.